The second-order valence-electron chi connectivity index (χ2n) is 3.50. The van der Waals surface area contributed by atoms with E-state index >= 15 is 0 Å². The highest BCUT2D eigenvalue weighted by atomic mass is 79.9. The van der Waals surface area contributed by atoms with Gasteiger partial charge in [0.05, 0.1) is 13.0 Å². The smallest absolute Gasteiger partial charge is 0.311 e. The molecule has 0 bridgehead atoms. The number of halogens is 1. The summed E-state index contributed by atoms with van der Waals surface area (Å²) in [5.74, 6) is -0.351. The molecule has 7 heteroatoms. The molecular formula is C9H10BrN3O3. The van der Waals surface area contributed by atoms with Crippen LogP contribution >= 0.6 is 15.9 Å². The van der Waals surface area contributed by atoms with Crippen LogP contribution in [0.15, 0.2) is 10.7 Å². The van der Waals surface area contributed by atoms with Crippen molar-refractivity contribution in [3.8, 4) is 0 Å². The molecule has 1 saturated heterocycles. The van der Waals surface area contributed by atoms with E-state index in [1.165, 1.54) is 12.0 Å². The molecule has 2 rings (SSSR count). The van der Waals surface area contributed by atoms with E-state index in [0.29, 0.717) is 17.0 Å². The molecule has 1 aliphatic heterocycles. The molecule has 0 aromatic carbocycles. The number of H-pyrrole nitrogens is 1. The lowest BCUT2D eigenvalue weighted by atomic mass is 10.1. The van der Waals surface area contributed by atoms with E-state index in [4.69, 9.17) is 0 Å². The Balaban J connectivity index is 2.14. The quantitative estimate of drug-likeness (QED) is 0.813. The summed E-state index contributed by atoms with van der Waals surface area (Å²) in [7, 11) is 1.32. The fourth-order valence-electron chi connectivity index (χ4n) is 1.68. The standard InChI is InChI=1S/C9H10BrN3O3/c1-16-9(15)5-2-8(14)13(4-5)7-3-6(10)11-12-7/h3,5H,2,4H2,1H3,(H,11,12). The second kappa shape index (κ2) is 4.25. The van der Waals surface area contributed by atoms with Gasteiger partial charge in [-0.25, -0.2) is 0 Å². The number of methoxy groups -OCH3 is 1. The average Bonchev–Trinajstić information content (AvgIpc) is 2.83. The van der Waals surface area contributed by atoms with Gasteiger partial charge in [-0.1, -0.05) is 0 Å². The highest BCUT2D eigenvalue weighted by molar-refractivity contribution is 9.10. The van der Waals surface area contributed by atoms with E-state index < -0.39 is 5.92 Å². The number of nitrogens with one attached hydrogen (secondary N) is 1. The number of aromatic amines is 1. The Morgan fingerprint density at radius 2 is 2.50 bits per heavy atom. The van der Waals surface area contributed by atoms with Crippen LogP contribution in [0.1, 0.15) is 6.42 Å². The minimum absolute atomic E-state index is 0.116. The maximum absolute atomic E-state index is 11.7. The first-order valence-corrected chi connectivity index (χ1v) is 5.50. The average molecular weight is 288 g/mol. The maximum Gasteiger partial charge on any atom is 0.311 e. The number of ether oxygens (including phenoxy) is 1. The van der Waals surface area contributed by atoms with Crippen LogP contribution in [-0.4, -0.2) is 35.7 Å². The van der Waals surface area contributed by atoms with Gasteiger partial charge in [-0.3, -0.25) is 19.6 Å². The van der Waals surface area contributed by atoms with Crippen LogP contribution < -0.4 is 4.90 Å². The molecule has 1 unspecified atom stereocenters. The Kier molecular flexibility index (Phi) is 2.95. The summed E-state index contributed by atoms with van der Waals surface area (Å²) in [5.41, 5.74) is 0. The zero-order chi connectivity index (χ0) is 11.7. The molecule has 1 aliphatic rings. The number of aromatic nitrogens is 2. The Bertz CT molecular complexity index is 431. The van der Waals surface area contributed by atoms with Crippen LogP contribution in [0.5, 0.6) is 0 Å². The number of rotatable bonds is 2. The minimum Gasteiger partial charge on any atom is -0.469 e. The van der Waals surface area contributed by atoms with Crippen molar-refractivity contribution in [3.63, 3.8) is 0 Å². The van der Waals surface area contributed by atoms with Gasteiger partial charge < -0.3 is 4.74 Å². The fourth-order valence-corrected chi connectivity index (χ4v) is 1.97. The minimum atomic E-state index is -0.395. The summed E-state index contributed by atoms with van der Waals surface area (Å²) in [5, 5.41) is 6.63. The van der Waals surface area contributed by atoms with Crippen LogP contribution in [-0.2, 0) is 14.3 Å². The van der Waals surface area contributed by atoms with Crippen LogP contribution in [0.2, 0.25) is 0 Å². The normalized spacial score (nSPS) is 20.2. The zero-order valence-electron chi connectivity index (χ0n) is 8.57. The predicted molar refractivity (Wildman–Crippen MR) is 58.8 cm³/mol. The predicted octanol–water partition coefficient (Wildman–Crippen LogP) is 0.698. The van der Waals surface area contributed by atoms with Crippen LogP contribution in [0.4, 0.5) is 5.82 Å². The Hall–Kier alpha value is -1.37. The Labute approximate surface area is 100 Å². The van der Waals surface area contributed by atoms with Crippen LogP contribution in [0, 0.1) is 5.92 Å². The zero-order valence-corrected chi connectivity index (χ0v) is 10.2. The van der Waals surface area contributed by atoms with E-state index in [1.807, 2.05) is 0 Å². The lowest BCUT2D eigenvalue weighted by Crippen LogP contribution is -2.26. The molecule has 2 heterocycles. The summed E-state index contributed by atoms with van der Waals surface area (Å²) in [4.78, 5) is 24.4. The number of nitrogens with zero attached hydrogens (tertiary/aromatic N) is 2. The molecule has 16 heavy (non-hydrogen) atoms. The molecule has 1 fully saturated rings. The van der Waals surface area contributed by atoms with Gasteiger partial charge in [0.1, 0.15) is 4.60 Å². The van der Waals surface area contributed by atoms with E-state index in [1.54, 1.807) is 6.07 Å². The van der Waals surface area contributed by atoms with Crippen molar-refractivity contribution in [1.82, 2.24) is 10.2 Å². The first-order chi connectivity index (χ1) is 7.61. The molecule has 1 aromatic heterocycles. The SMILES string of the molecule is COC(=O)C1CC(=O)N(c2cc(Br)[nH]n2)C1. The number of amides is 1. The first-order valence-electron chi connectivity index (χ1n) is 4.71. The van der Waals surface area contributed by atoms with Crippen LogP contribution in [0.25, 0.3) is 0 Å². The van der Waals surface area contributed by atoms with E-state index in [9.17, 15) is 9.59 Å². The third-order valence-corrected chi connectivity index (χ3v) is 2.88. The molecule has 1 aromatic rings. The number of carbonyl (C=O) groups excluding carboxylic acids is 2. The number of hydrogen-bond donors (Lipinski definition) is 1. The molecule has 6 nitrogen and oxygen atoms in total. The van der Waals surface area contributed by atoms with Gasteiger partial charge in [0, 0.05) is 19.0 Å². The molecule has 1 amide bonds. The van der Waals surface area contributed by atoms with Crippen molar-refractivity contribution in [2.45, 2.75) is 6.42 Å². The fraction of sp³-hybridized carbons (Fsp3) is 0.444. The molecule has 0 saturated carbocycles. The monoisotopic (exact) mass is 287 g/mol. The molecule has 0 radical (unpaired) electrons. The number of anilines is 1. The largest absolute Gasteiger partial charge is 0.469 e. The topological polar surface area (TPSA) is 75.3 Å². The third-order valence-electron chi connectivity index (χ3n) is 2.47. The Morgan fingerprint density at radius 1 is 1.75 bits per heavy atom. The van der Waals surface area contributed by atoms with Gasteiger partial charge in [0.15, 0.2) is 5.82 Å². The number of hydrogen-bond acceptors (Lipinski definition) is 4. The van der Waals surface area contributed by atoms with Gasteiger partial charge in [-0.2, -0.15) is 5.10 Å². The molecule has 0 aliphatic carbocycles. The summed E-state index contributed by atoms with van der Waals surface area (Å²) < 4.78 is 5.31. The van der Waals surface area contributed by atoms with Crippen molar-refractivity contribution < 1.29 is 14.3 Å². The summed E-state index contributed by atoms with van der Waals surface area (Å²) in [6, 6.07) is 1.69. The van der Waals surface area contributed by atoms with Gasteiger partial charge in [0.25, 0.3) is 0 Å². The van der Waals surface area contributed by atoms with Gasteiger partial charge in [-0.05, 0) is 15.9 Å². The van der Waals surface area contributed by atoms with Gasteiger partial charge in [-0.15, -0.1) is 0 Å². The highest BCUT2D eigenvalue weighted by Crippen LogP contribution is 2.25. The van der Waals surface area contributed by atoms with Crippen molar-refractivity contribution in [2.24, 2.45) is 5.92 Å². The Morgan fingerprint density at radius 3 is 3.06 bits per heavy atom. The van der Waals surface area contributed by atoms with Gasteiger partial charge in [0.2, 0.25) is 5.91 Å². The van der Waals surface area contributed by atoms with E-state index in [2.05, 4.69) is 30.9 Å². The number of esters is 1. The third kappa shape index (κ3) is 1.95. The molecule has 0 spiro atoms. The number of carbonyl (C=O) groups is 2. The molecular weight excluding hydrogens is 278 g/mol. The van der Waals surface area contributed by atoms with Crippen molar-refractivity contribution >= 4 is 33.6 Å². The van der Waals surface area contributed by atoms with E-state index in [-0.39, 0.29) is 18.3 Å². The summed E-state index contributed by atoms with van der Waals surface area (Å²) in [6.45, 7) is 0.322. The molecule has 1 atom stereocenters. The highest BCUT2D eigenvalue weighted by Gasteiger charge is 2.36. The summed E-state index contributed by atoms with van der Waals surface area (Å²) >= 11 is 3.21. The summed E-state index contributed by atoms with van der Waals surface area (Å²) in [6.07, 6.45) is 0.178. The van der Waals surface area contributed by atoms with Crippen LogP contribution in [0.3, 0.4) is 0 Å². The second-order valence-corrected chi connectivity index (χ2v) is 4.36. The molecule has 1 N–H and O–H groups in total. The first kappa shape index (κ1) is 11.1. The lowest BCUT2D eigenvalue weighted by molar-refractivity contribution is -0.145. The van der Waals surface area contributed by atoms with Crippen molar-refractivity contribution in [3.05, 3.63) is 10.7 Å². The van der Waals surface area contributed by atoms with Crippen molar-refractivity contribution in [1.29, 1.82) is 0 Å². The molecule has 86 valence electrons. The van der Waals surface area contributed by atoms with Crippen molar-refractivity contribution in [2.75, 3.05) is 18.6 Å². The lowest BCUT2D eigenvalue weighted by Gasteiger charge is -2.11. The van der Waals surface area contributed by atoms with E-state index in [0.717, 1.165) is 0 Å². The van der Waals surface area contributed by atoms with Gasteiger partial charge >= 0.3 is 5.97 Å². The maximum atomic E-state index is 11.7.